The highest BCUT2D eigenvalue weighted by atomic mass is 16.5. The number of fused-ring (bicyclic) bond motifs is 1. The maximum atomic E-state index is 11.8. The Balaban J connectivity index is 1.46. The van der Waals surface area contributed by atoms with Crippen molar-refractivity contribution in [3.63, 3.8) is 0 Å². The van der Waals surface area contributed by atoms with Gasteiger partial charge in [-0.2, -0.15) is 0 Å². The zero-order valence-electron chi connectivity index (χ0n) is 21.1. The molecule has 1 aliphatic rings. The molecule has 1 saturated heterocycles. The van der Waals surface area contributed by atoms with Crippen LogP contribution in [0, 0.1) is 0 Å². The highest BCUT2D eigenvalue weighted by Crippen LogP contribution is 2.34. The van der Waals surface area contributed by atoms with Crippen LogP contribution in [0.2, 0.25) is 0 Å². The van der Waals surface area contributed by atoms with Crippen LogP contribution >= 0.6 is 0 Å². The van der Waals surface area contributed by atoms with Gasteiger partial charge in [-0.3, -0.25) is 9.78 Å². The highest BCUT2D eigenvalue weighted by molar-refractivity contribution is 5.99. The molecular weight excluding hydrogens is 482 g/mol. The number of pyridine rings is 1. The summed E-state index contributed by atoms with van der Waals surface area (Å²) in [5.41, 5.74) is 10.5. The fraction of sp³-hybridized carbons (Fsp3) is 0.214. The van der Waals surface area contributed by atoms with Crippen LogP contribution in [0.4, 0.5) is 23.0 Å². The van der Waals surface area contributed by atoms with Gasteiger partial charge in [-0.1, -0.05) is 24.8 Å². The molecule has 0 bridgehead atoms. The fourth-order valence-corrected chi connectivity index (χ4v) is 4.44. The number of carbonyl (C=O) groups excluding carboxylic acids is 1. The molecule has 194 valence electrons. The number of para-hydroxylation sites is 1. The summed E-state index contributed by atoms with van der Waals surface area (Å²) in [7, 11) is 1.63. The first-order valence-electron chi connectivity index (χ1n) is 12.2. The number of nitrogens with two attached hydrogens (primary N) is 1. The Hall–Kier alpha value is -4.54. The lowest BCUT2D eigenvalue weighted by molar-refractivity contribution is -0.111. The summed E-state index contributed by atoms with van der Waals surface area (Å²) in [5, 5.41) is 6.92. The zero-order chi connectivity index (χ0) is 26.5. The second kappa shape index (κ2) is 11.2. The van der Waals surface area contributed by atoms with Gasteiger partial charge in [0.05, 0.1) is 43.3 Å². The lowest BCUT2D eigenvalue weighted by Crippen LogP contribution is -2.49. The maximum absolute atomic E-state index is 11.8. The van der Waals surface area contributed by atoms with Crippen LogP contribution in [0.25, 0.3) is 22.2 Å². The van der Waals surface area contributed by atoms with Gasteiger partial charge in [-0.05, 0) is 30.3 Å². The number of aromatic nitrogens is 3. The van der Waals surface area contributed by atoms with Gasteiger partial charge in [0.1, 0.15) is 5.75 Å². The van der Waals surface area contributed by atoms with Crippen molar-refractivity contribution < 1.29 is 14.3 Å². The van der Waals surface area contributed by atoms with E-state index in [-0.39, 0.29) is 11.9 Å². The quantitative estimate of drug-likeness (QED) is 0.303. The van der Waals surface area contributed by atoms with Gasteiger partial charge in [-0.25, -0.2) is 9.97 Å². The van der Waals surface area contributed by atoms with E-state index < -0.39 is 0 Å². The number of anilines is 4. The highest BCUT2D eigenvalue weighted by Gasteiger charge is 2.23. The Bertz CT molecular complexity index is 1480. The van der Waals surface area contributed by atoms with E-state index >= 15 is 0 Å². The van der Waals surface area contributed by atoms with E-state index in [0.717, 1.165) is 34.4 Å². The number of benzene rings is 2. The zero-order valence-corrected chi connectivity index (χ0v) is 21.1. The van der Waals surface area contributed by atoms with Crippen molar-refractivity contribution in [2.24, 2.45) is 5.73 Å². The summed E-state index contributed by atoms with van der Waals surface area (Å²) in [6, 6.07) is 15.4. The van der Waals surface area contributed by atoms with E-state index in [1.165, 1.54) is 6.08 Å². The number of amides is 1. The topological polar surface area (TPSA) is 128 Å². The smallest absolute Gasteiger partial charge is 0.247 e. The van der Waals surface area contributed by atoms with E-state index in [2.05, 4.69) is 32.1 Å². The predicted molar refractivity (Wildman–Crippen MR) is 149 cm³/mol. The molecule has 0 saturated carbocycles. The standard InChI is InChI=1S/C28H29N7O3/c1-3-26(36)32-19-9-10-30-24(13-19)22-6-4-5-18-16-31-28(34-27(18)22)33-23-8-7-20(14-25(23)37-2)35-11-12-38-17-21(35)15-29/h3-10,13-14,16,21H,1,11-12,15,17,29H2,2H3,(H,30,32,36)(H,31,33,34)/t21-/m0/s1. The molecule has 4 N–H and O–H groups in total. The summed E-state index contributed by atoms with van der Waals surface area (Å²) in [4.78, 5) is 27.8. The third-order valence-electron chi connectivity index (χ3n) is 6.36. The fourth-order valence-electron chi connectivity index (χ4n) is 4.44. The first-order valence-corrected chi connectivity index (χ1v) is 12.2. The summed E-state index contributed by atoms with van der Waals surface area (Å²) in [5.74, 6) is 0.786. The van der Waals surface area contributed by atoms with Crippen LogP contribution < -0.4 is 26.0 Å². The Morgan fingerprint density at radius 2 is 2.16 bits per heavy atom. The molecule has 10 nitrogen and oxygen atoms in total. The first-order chi connectivity index (χ1) is 18.6. The maximum Gasteiger partial charge on any atom is 0.247 e. The van der Waals surface area contributed by atoms with Gasteiger partial charge in [0, 0.05) is 53.9 Å². The molecular formula is C28H29N7O3. The van der Waals surface area contributed by atoms with Crippen molar-refractivity contribution >= 4 is 39.8 Å². The number of morpholine rings is 1. The molecule has 2 aromatic heterocycles. The second-order valence-corrected chi connectivity index (χ2v) is 8.73. The Morgan fingerprint density at radius 1 is 1.26 bits per heavy atom. The minimum absolute atomic E-state index is 0.117. The van der Waals surface area contributed by atoms with Crippen LogP contribution in [0.15, 0.2) is 73.6 Å². The second-order valence-electron chi connectivity index (χ2n) is 8.73. The van der Waals surface area contributed by atoms with Gasteiger partial charge in [0.15, 0.2) is 0 Å². The number of nitrogens with one attached hydrogen (secondary N) is 2. The van der Waals surface area contributed by atoms with Crippen molar-refractivity contribution in [3.05, 3.63) is 73.6 Å². The van der Waals surface area contributed by atoms with E-state index in [1.807, 2.05) is 36.4 Å². The van der Waals surface area contributed by atoms with Gasteiger partial charge < -0.3 is 30.7 Å². The molecule has 2 aromatic carbocycles. The number of carbonyl (C=O) groups is 1. The number of hydrogen-bond acceptors (Lipinski definition) is 9. The molecule has 5 rings (SSSR count). The molecule has 10 heteroatoms. The van der Waals surface area contributed by atoms with Gasteiger partial charge in [-0.15, -0.1) is 0 Å². The van der Waals surface area contributed by atoms with Crippen molar-refractivity contribution in [2.45, 2.75) is 6.04 Å². The minimum atomic E-state index is -0.291. The average molecular weight is 512 g/mol. The summed E-state index contributed by atoms with van der Waals surface area (Å²) in [6.07, 6.45) is 4.63. The molecule has 0 spiro atoms. The predicted octanol–water partition coefficient (Wildman–Crippen LogP) is 3.73. The van der Waals surface area contributed by atoms with Gasteiger partial charge >= 0.3 is 0 Å². The van der Waals surface area contributed by atoms with Crippen molar-refractivity contribution in [3.8, 4) is 17.0 Å². The monoisotopic (exact) mass is 511 g/mol. The minimum Gasteiger partial charge on any atom is -0.494 e. The molecule has 38 heavy (non-hydrogen) atoms. The van der Waals surface area contributed by atoms with Gasteiger partial charge in [0.25, 0.3) is 0 Å². The number of rotatable bonds is 8. The van der Waals surface area contributed by atoms with E-state index in [9.17, 15) is 4.79 Å². The molecule has 0 aliphatic carbocycles. The Kier molecular flexibility index (Phi) is 7.43. The summed E-state index contributed by atoms with van der Waals surface area (Å²) < 4.78 is 11.3. The molecule has 1 aliphatic heterocycles. The Labute approximate surface area is 220 Å². The van der Waals surface area contributed by atoms with Crippen LogP contribution in [-0.4, -0.2) is 60.3 Å². The van der Waals surface area contributed by atoms with Crippen molar-refractivity contribution in [2.75, 3.05) is 48.9 Å². The lowest BCUT2D eigenvalue weighted by Gasteiger charge is -2.37. The van der Waals surface area contributed by atoms with Crippen molar-refractivity contribution in [1.29, 1.82) is 0 Å². The average Bonchev–Trinajstić information content (AvgIpc) is 2.97. The normalized spacial score (nSPS) is 15.2. The van der Waals surface area contributed by atoms with E-state index in [1.54, 1.807) is 31.6 Å². The SMILES string of the molecule is C=CC(=O)Nc1ccnc(-c2cccc3cnc(Nc4ccc(N5CCOC[C@@H]5CN)cc4OC)nc23)c1. The number of hydrogen-bond donors (Lipinski definition) is 3. The molecule has 3 heterocycles. The van der Waals surface area contributed by atoms with Gasteiger partial charge in [0.2, 0.25) is 11.9 Å². The Morgan fingerprint density at radius 3 is 2.97 bits per heavy atom. The molecule has 1 amide bonds. The first kappa shape index (κ1) is 25.1. The molecule has 0 radical (unpaired) electrons. The summed E-state index contributed by atoms with van der Waals surface area (Å²) >= 11 is 0. The summed E-state index contributed by atoms with van der Waals surface area (Å²) in [6.45, 7) is 6.03. The molecule has 4 aromatic rings. The van der Waals surface area contributed by atoms with Crippen LogP contribution in [0.3, 0.4) is 0 Å². The molecule has 1 atom stereocenters. The number of nitrogens with zero attached hydrogens (tertiary/aromatic N) is 4. The van der Waals surface area contributed by atoms with Crippen LogP contribution in [0.5, 0.6) is 5.75 Å². The lowest BCUT2D eigenvalue weighted by atomic mass is 10.1. The van der Waals surface area contributed by atoms with E-state index in [4.69, 9.17) is 20.2 Å². The van der Waals surface area contributed by atoms with Crippen LogP contribution in [0.1, 0.15) is 0 Å². The van der Waals surface area contributed by atoms with Crippen molar-refractivity contribution in [1.82, 2.24) is 15.0 Å². The number of methoxy groups -OCH3 is 1. The van der Waals surface area contributed by atoms with E-state index in [0.29, 0.717) is 42.8 Å². The third kappa shape index (κ3) is 5.26. The molecule has 0 unspecified atom stereocenters. The third-order valence-corrected chi connectivity index (χ3v) is 6.36. The number of ether oxygens (including phenoxy) is 2. The molecule has 1 fully saturated rings. The largest absolute Gasteiger partial charge is 0.494 e. The van der Waals surface area contributed by atoms with Crippen LogP contribution in [-0.2, 0) is 9.53 Å².